The Labute approximate surface area is 199 Å². The summed E-state index contributed by atoms with van der Waals surface area (Å²) in [4.78, 5) is 23.9. The lowest BCUT2D eigenvalue weighted by Crippen LogP contribution is -2.19. The number of hydrogen-bond donors (Lipinski definition) is 2. The van der Waals surface area contributed by atoms with Crippen LogP contribution < -0.4 is 20.3 Å². The first-order valence-corrected chi connectivity index (χ1v) is 10.6. The fourth-order valence-electron chi connectivity index (χ4n) is 2.71. The van der Waals surface area contributed by atoms with E-state index in [2.05, 4.69) is 32.9 Å². The smallest absolute Gasteiger partial charge is 0.240 e. The molecule has 0 saturated heterocycles. The Morgan fingerprint density at radius 2 is 1.18 bits per heavy atom. The van der Waals surface area contributed by atoms with Crippen molar-refractivity contribution in [1.82, 2.24) is 10.9 Å². The number of nitrogens with zero attached hydrogens (tertiary/aromatic N) is 2. The van der Waals surface area contributed by atoms with Crippen molar-refractivity contribution in [2.45, 2.75) is 25.7 Å². The first kappa shape index (κ1) is 25.7. The third-order valence-corrected chi connectivity index (χ3v) is 4.30. The van der Waals surface area contributed by atoms with Crippen molar-refractivity contribution in [1.29, 1.82) is 0 Å². The molecule has 0 bridgehead atoms. The van der Waals surface area contributed by atoms with Crippen LogP contribution in [0.4, 0.5) is 0 Å². The van der Waals surface area contributed by atoms with Crippen LogP contribution in [-0.4, -0.2) is 37.5 Å². The van der Waals surface area contributed by atoms with E-state index in [9.17, 15) is 9.59 Å². The molecular weight excluding hydrogens is 432 g/mol. The van der Waals surface area contributed by atoms with Gasteiger partial charge in [0.05, 0.1) is 12.4 Å². The molecule has 0 heterocycles. The van der Waals surface area contributed by atoms with Crippen molar-refractivity contribution in [3.8, 4) is 36.2 Å². The van der Waals surface area contributed by atoms with Crippen LogP contribution in [0, 0.1) is 24.7 Å². The number of ether oxygens (including phenoxy) is 2. The Bertz CT molecular complexity index is 1010. The predicted octanol–water partition coefficient (Wildman–Crippen LogP) is 2.87. The van der Waals surface area contributed by atoms with E-state index in [1.54, 1.807) is 24.3 Å². The Balaban J connectivity index is 1.66. The summed E-state index contributed by atoms with van der Waals surface area (Å²) in [5.41, 5.74) is 6.31. The Kier molecular flexibility index (Phi) is 11.5. The fourth-order valence-corrected chi connectivity index (χ4v) is 2.71. The zero-order valence-corrected chi connectivity index (χ0v) is 18.7. The third kappa shape index (κ3) is 9.71. The molecule has 174 valence electrons. The zero-order valence-electron chi connectivity index (χ0n) is 18.7. The van der Waals surface area contributed by atoms with Gasteiger partial charge in [0.25, 0.3) is 0 Å². The molecule has 2 N–H and O–H groups in total. The van der Waals surface area contributed by atoms with Crippen LogP contribution in [0.3, 0.4) is 0 Å². The fraction of sp³-hybridized carbons (Fsp3) is 0.231. The minimum Gasteiger partial charge on any atom is -0.480 e. The van der Waals surface area contributed by atoms with Crippen LogP contribution in [0.1, 0.15) is 36.8 Å². The second-order valence-electron chi connectivity index (χ2n) is 6.85. The van der Waals surface area contributed by atoms with Crippen molar-refractivity contribution in [2.75, 3.05) is 13.2 Å². The highest BCUT2D eigenvalue weighted by Crippen LogP contribution is 2.16. The molecule has 0 spiro atoms. The number of terminal acetylenes is 2. The average molecular weight is 459 g/mol. The molecular formula is C26H26N4O4. The van der Waals surface area contributed by atoms with Gasteiger partial charge in [0.15, 0.2) is 0 Å². The number of hydrazone groups is 2. The minimum absolute atomic E-state index is 0.143. The number of rotatable bonds is 13. The van der Waals surface area contributed by atoms with Gasteiger partial charge >= 0.3 is 0 Å². The summed E-state index contributed by atoms with van der Waals surface area (Å²) in [7, 11) is 0. The molecule has 0 aromatic heterocycles. The zero-order chi connectivity index (χ0) is 24.4. The normalized spacial score (nSPS) is 10.4. The van der Waals surface area contributed by atoms with Gasteiger partial charge in [0.1, 0.15) is 24.7 Å². The van der Waals surface area contributed by atoms with Crippen LogP contribution in [0.2, 0.25) is 0 Å². The summed E-state index contributed by atoms with van der Waals surface area (Å²) < 4.78 is 10.8. The minimum atomic E-state index is -0.250. The Morgan fingerprint density at radius 1 is 0.765 bits per heavy atom. The second-order valence-corrected chi connectivity index (χ2v) is 6.85. The van der Waals surface area contributed by atoms with Gasteiger partial charge in [0, 0.05) is 24.0 Å². The monoisotopic (exact) mass is 458 g/mol. The van der Waals surface area contributed by atoms with E-state index in [-0.39, 0.29) is 37.9 Å². The van der Waals surface area contributed by atoms with Crippen molar-refractivity contribution in [3.05, 3.63) is 59.7 Å². The number of para-hydroxylation sites is 2. The van der Waals surface area contributed by atoms with Gasteiger partial charge < -0.3 is 9.47 Å². The molecule has 34 heavy (non-hydrogen) atoms. The van der Waals surface area contributed by atoms with E-state index in [0.29, 0.717) is 35.5 Å². The van der Waals surface area contributed by atoms with Gasteiger partial charge in [-0.1, -0.05) is 36.1 Å². The molecule has 2 aromatic carbocycles. The van der Waals surface area contributed by atoms with E-state index in [4.69, 9.17) is 22.3 Å². The Hall–Kier alpha value is -4.56. The number of nitrogens with one attached hydrogen (secondary N) is 2. The van der Waals surface area contributed by atoms with Gasteiger partial charge in [-0.15, -0.1) is 12.8 Å². The quantitative estimate of drug-likeness (QED) is 0.209. The lowest BCUT2D eigenvalue weighted by Gasteiger charge is -2.06. The number of unbranched alkanes of at least 4 members (excludes halogenated alkanes) is 1. The maximum absolute atomic E-state index is 11.9. The highest BCUT2D eigenvalue weighted by atomic mass is 16.5. The molecule has 0 atom stereocenters. The molecule has 0 saturated carbocycles. The summed E-state index contributed by atoms with van der Waals surface area (Å²) in [6.45, 7) is 0.286. The van der Waals surface area contributed by atoms with Crippen LogP contribution in [0.15, 0.2) is 58.7 Å². The molecule has 0 aliphatic carbocycles. The first-order chi connectivity index (χ1) is 16.6. The molecule has 2 rings (SSSR count). The molecule has 2 aromatic rings. The summed E-state index contributed by atoms with van der Waals surface area (Å²) in [5, 5.41) is 7.89. The lowest BCUT2D eigenvalue weighted by atomic mass is 10.2. The van der Waals surface area contributed by atoms with E-state index in [1.807, 2.05) is 24.3 Å². The third-order valence-electron chi connectivity index (χ3n) is 4.30. The van der Waals surface area contributed by atoms with Crippen molar-refractivity contribution in [2.24, 2.45) is 10.2 Å². The topological polar surface area (TPSA) is 101 Å². The average Bonchev–Trinajstić information content (AvgIpc) is 2.85. The van der Waals surface area contributed by atoms with Crippen LogP contribution in [0.25, 0.3) is 0 Å². The summed E-state index contributed by atoms with van der Waals surface area (Å²) in [5.74, 6) is 5.46. The number of benzene rings is 2. The van der Waals surface area contributed by atoms with Gasteiger partial charge in [-0.2, -0.15) is 10.2 Å². The van der Waals surface area contributed by atoms with Gasteiger partial charge in [-0.05, 0) is 37.1 Å². The predicted molar refractivity (Wildman–Crippen MR) is 131 cm³/mol. The second kappa shape index (κ2) is 15.3. The highest BCUT2D eigenvalue weighted by Gasteiger charge is 2.04. The molecule has 8 heteroatoms. The van der Waals surface area contributed by atoms with E-state index >= 15 is 0 Å². The number of amides is 2. The van der Waals surface area contributed by atoms with Crippen molar-refractivity contribution in [3.63, 3.8) is 0 Å². The summed E-state index contributed by atoms with van der Waals surface area (Å²) in [6, 6.07) is 14.4. The van der Waals surface area contributed by atoms with Crippen molar-refractivity contribution < 1.29 is 19.1 Å². The molecule has 0 radical (unpaired) electrons. The molecule has 0 unspecified atom stereocenters. The number of carbonyl (C=O) groups is 2. The molecule has 0 aliphatic rings. The number of carbonyl (C=O) groups excluding carboxylic acids is 2. The molecule has 2 amide bonds. The van der Waals surface area contributed by atoms with Gasteiger partial charge in [-0.25, -0.2) is 10.9 Å². The maximum Gasteiger partial charge on any atom is 0.240 e. The SMILES string of the molecule is C#CCOc1ccccc1C=NNC(=O)CCCCC(=O)NN=Cc1ccccc1OCC#C. The molecule has 0 aliphatic heterocycles. The van der Waals surface area contributed by atoms with Gasteiger partial charge in [0.2, 0.25) is 11.8 Å². The summed E-state index contributed by atoms with van der Waals surface area (Å²) >= 11 is 0. The maximum atomic E-state index is 11.9. The van der Waals surface area contributed by atoms with E-state index in [1.165, 1.54) is 12.4 Å². The van der Waals surface area contributed by atoms with Crippen LogP contribution in [0.5, 0.6) is 11.5 Å². The van der Waals surface area contributed by atoms with E-state index < -0.39 is 0 Å². The first-order valence-electron chi connectivity index (χ1n) is 10.6. The standard InChI is InChI=1S/C26H26N4O4/c1-3-17-33-23-13-7-5-11-21(23)19-27-29-25(31)15-9-10-16-26(32)30-28-20-22-12-6-8-14-24(22)34-18-4-2/h1-2,5-8,11-14,19-20H,9-10,15-18H2,(H,29,31)(H,30,32). The largest absolute Gasteiger partial charge is 0.480 e. The molecule has 0 fully saturated rings. The Morgan fingerprint density at radius 3 is 1.59 bits per heavy atom. The number of hydrogen-bond acceptors (Lipinski definition) is 6. The van der Waals surface area contributed by atoms with Gasteiger partial charge in [-0.3, -0.25) is 9.59 Å². The van der Waals surface area contributed by atoms with Crippen molar-refractivity contribution >= 4 is 24.2 Å². The van der Waals surface area contributed by atoms with Crippen LogP contribution in [-0.2, 0) is 9.59 Å². The summed E-state index contributed by atoms with van der Waals surface area (Å²) in [6.07, 6.45) is 14.9. The highest BCUT2D eigenvalue weighted by molar-refractivity contribution is 5.86. The lowest BCUT2D eigenvalue weighted by molar-refractivity contribution is -0.123. The van der Waals surface area contributed by atoms with Crippen LogP contribution >= 0.6 is 0 Å². The molecule has 8 nitrogen and oxygen atoms in total. The van der Waals surface area contributed by atoms with E-state index in [0.717, 1.165) is 0 Å².